The van der Waals surface area contributed by atoms with Gasteiger partial charge in [0.25, 0.3) is 0 Å². The molecule has 5 nitrogen and oxygen atoms in total. The van der Waals surface area contributed by atoms with Crippen LogP contribution in [0.5, 0.6) is 0 Å². The molecular formula is C14H19BrN2O3. The molecule has 20 heavy (non-hydrogen) atoms. The van der Waals surface area contributed by atoms with E-state index in [9.17, 15) is 9.59 Å². The van der Waals surface area contributed by atoms with Gasteiger partial charge < -0.3 is 15.7 Å². The lowest BCUT2D eigenvalue weighted by Crippen LogP contribution is -2.46. The van der Waals surface area contributed by atoms with E-state index in [0.29, 0.717) is 12.1 Å². The van der Waals surface area contributed by atoms with Crippen LogP contribution in [0.1, 0.15) is 25.8 Å². The van der Waals surface area contributed by atoms with E-state index in [-0.39, 0.29) is 5.92 Å². The zero-order valence-electron chi connectivity index (χ0n) is 11.7. The second-order valence-electron chi connectivity index (χ2n) is 4.76. The molecule has 3 N–H and O–H groups in total. The Hall–Kier alpha value is -1.56. The number of benzene rings is 1. The molecule has 2 amide bonds. The van der Waals surface area contributed by atoms with Gasteiger partial charge in [-0.1, -0.05) is 36.2 Å². The fraction of sp³-hybridized carbons (Fsp3) is 0.429. The molecule has 0 unspecified atom stereocenters. The van der Waals surface area contributed by atoms with Crippen molar-refractivity contribution in [1.82, 2.24) is 5.32 Å². The molecule has 1 aromatic carbocycles. The Kier molecular flexibility index (Phi) is 6.01. The van der Waals surface area contributed by atoms with Crippen LogP contribution in [0.15, 0.2) is 22.7 Å². The van der Waals surface area contributed by atoms with Crippen LogP contribution in [0.2, 0.25) is 0 Å². The van der Waals surface area contributed by atoms with Gasteiger partial charge >= 0.3 is 12.0 Å². The molecule has 0 aliphatic heterocycles. The van der Waals surface area contributed by atoms with E-state index in [0.717, 1.165) is 10.0 Å². The topological polar surface area (TPSA) is 78.4 Å². The third-order valence-corrected chi connectivity index (χ3v) is 4.07. The number of aliphatic carboxylic acids is 1. The van der Waals surface area contributed by atoms with E-state index >= 15 is 0 Å². The van der Waals surface area contributed by atoms with Gasteiger partial charge in [-0.2, -0.15) is 0 Å². The predicted octanol–water partition coefficient (Wildman–Crippen LogP) is 3.38. The second kappa shape index (κ2) is 7.28. The maximum absolute atomic E-state index is 11.8. The van der Waals surface area contributed by atoms with Gasteiger partial charge in [0.05, 0.1) is 0 Å². The third kappa shape index (κ3) is 4.52. The van der Waals surface area contributed by atoms with E-state index in [1.54, 1.807) is 13.0 Å². The first-order valence-corrected chi connectivity index (χ1v) is 7.21. The minimum Gasteiger partial charge on any atom is -0.480 e. The number of hydrogen-bond acceptors (Lipinski definition) is 2. The van der Waals surface area contributed by atoms with Gasteiger partial charge in [0.15, 0.2) is 0 Å². The summed E-state index contributed by atoms with van der Waals surface area (Å²) in [5.41, 5.74) is 1.61. The Bertz CT molecular complexity index is 505. The van der Waals surface area contributed by atoms with Crippen molar-refractivity contribution in [3.05, 3.63) is 28.2 Å². The molecule has 0 aromatic heterocycles. The smallest absolute Gasteiger partial charge is 0.326 e. The molecule has 0 bridgehead atoms. The lowest BCUT2D eigenvalue weighted by atomic mass is 9.99. The summed E-state index contributed by atoms with van der Waals surface area (Å²) in [6.07, 6.45) is 0.675. The van der Waals surface area contributed by atoms with Gasteiger partial charge in [0.1, 0.15) is 6.04 Å². The summed E-state index contributed by atoms with van der Waals surface area (Å²) in [4.78, 5) is 23.0. The van der Waals surface area contributed by atoms with Crippen molar-refractivity contribution in [3.63, 3.8) is 0 Å². The van der Waals surface area contributed by atoms with Gasteiger partial charge in [-0.15, -0.1) is 0 Å². The largest absolute Gasteiger partial charge is 0.480 e. The fourth-order valence-corrected chi connectivity index (χ4v) is 1.96. The standard InChI is InChI=1S/C14H19BrN2O3/c1-4-8(2)12(13(18)19)17-14(20)16-10-5-6-11(15)9(3)7-10/h5-8,12H,4H2,1-3H3,(H,18,19)(H2,16,17,20)/t8-,12-/m0/s1. The summed E-state index contributed by atoms with van der Waals surface area (Å²) in [6.45, 7) is 5.59. The number of anilines is 1. The number of hydrogen-bond donors (Lipinski definition) is 3. The van der Waals surface area contributed by atoms with Crippen LogP contribution in [-0.2, 0) is 4.79 Å². The number of carboxylic acids is 1. The van der Waals surface area contributed by atoms with Crippen LogP contribution in [0, 0.1) is 12.8 Å². The summed E-state index contributed by atoms with van der Waals surface area (Å²) in [5, 5.41) is 14.3. The Morgan fingerprint density at radius 1 is 1.40 bits per heavy atom. The predicted molar refractivity (Wildman–Crippen MR) is 81.9 cm³/mol. The molecular weight excluding hydrogens is 324 g/mol. The summed E-state index contributed by atoms with van der Waals surface area (Å²) in [6, 6.07) is 3.98. The molecule has 1 aromatic rings. The number of carbonyl (C=O) groups is 2. The Balaban J connectivity index is 2.70. The monoisotopic (exact) mass is 342 g/mol. The molecule has 0 aliphatic carbocycles. The van der Waals surface area contributed by atoms with E-state index in [2.05, 4.69) is 26.6 Å². The molecule has 1 rings (SSSR count). The van der Waals surface area contributed by atoms with E-state index in [1.807, 2.05) is 26.0 Å². The third-order valence-electron chi connectivity index (χ3n) is 3.18. The normalized spacial score (nSPS) is 13.4. The van der Waals surface area contributed by atoms with Gasteiger partial charge in [-0.05, 0) is 36.6 Å². The number of urea groups is 1. The van der Waals surface area contributed by atoms with Crippen LogP contribution in [-0.4, -0.2) is 23.1 Å². The minimum absolute atomic E-state index is 0.134. The highest BCUT2D eigenvalue weighted by atomic mass is 79.9. The zero-order valence-corrected chi connectivity index (χ0v) is 13.3. The molecule has 0 radical (unpaired) electrons. The fourth-order valence-electron chi connectivity index (χ4n) is 1.71. The number of nitrogens with one attached hydrogen (secondary N) is 2. The second-order valence-corrected chi connectivity index (χ2v) is 5.62. The zero-order chi connectivity index (χ0) is 15.3. The molecule has 0 spiro atoms. The molecule has 2 atom stereocenters. The average molecular weight is 343 g/mol. The van der Waals surface area contributed by atoms with Crippen molar-refractivity contribution in [2.45, 2.75) is 33.2 Å². The molecule has 0 saturated heterocycles. The van der Waals surface area contributed by atoms with Crippen molar-refractivity contribution in [2.75, 3.05) is 5.32 Å². The number of aryl methyl sites for hydroxylation is 1. The van der Waals surface area contributed by atoms with Crippen LogP contribution < -0.4 is 10.6 Å². The van der Waals surface area contributed by atoms with Crippen molar-refractivity contribution in [2.24, 2.45) is 5.92 Å². The molecule has 0 heterocycles. The highest BCUT2D eigenvalue weighted by Gasteiger charge is 2.25. The average Bonchev–Trinajstić information content (AvgIpc) is 2.39. The van der Waals surface area contributed by atoms with E-state index in [1.165, 1.54) is 0 Å². The van der Waals surface area contributed by atoms with Crippen LogP contribution in [0.3, 0.4) is 0 Å². The van der Waals surface area contributed by atoms with Gasteiger partial charge in [0.2, 0.25) is 0 Å². The summed E-state index contributed by atoms with van der Waals surface area (Å²) >= 11 is 3.38. The number of rotatable bonds is 5. The summed E-state index contributed by atoms with van der Waals surface area (Å²) in [5.74, 6) is -1.16. The number of carboxylic acid groups (broad SMARTS) is 1. The maximum Gasteiger partial charge on any atom is 0.326 e. The SMILES string of the molecule is CC[C@H](C)[C@H](NC(=O)Nc1ccc(Br)c(C)c1)C(=O)O. The number of halogens is 1. The maximum atomic E-state index is 11.8. The van der Waals surface area contributed by atoms with E-state index < -0.39 is 18.0 Å². The molecule has 6 heteroatoms. The highest BCUT2D eigenvalue weighted by molar-refractivity contribution is 9.10. The lowest BCUT2D eigenvalue weighted by Gasteiger charge is -2.20. The first-order valence-electron chi connectivity index (χ1n) is 6.41. The van der Waals surface area contributed by atoms with Gasteiger partial charge in [0, 0.05) is 10.2 Å². The molecule has 0 fully saturated rings. The number of carbonyl (C=O) groups excluding carboxylic acids is 1. The molecule has 0 saturated carbocycles. The Morgan fingerprint density at radius 3 is 2.55 bits per heavy atom. The van der Waals surface area contributed by atoms with Crippen LogP contribution in [0.4, 0.5) is 10.5 Å². The highest BCUT2D eigenvalue weighted by Crippen LogP contribution is 2.20. The lowest BCUT2D eigenvalue weighted by molar-refractivity contribution is -0.140. The Morgan fingerprint density at radius 2 is 2.05 bits per heavy atom. The van der Waals surface area contributed by atoms with E-state index in [4.69, 9.17) is 5.11 Å². The van der Waals surface area contributed by atoms with Crippen LogP contribution >= 0.6 is 15.9 Å². The summed E-state index contributed by atoms with van der Waals surface area (Å²) in [7, 11) is 0. The molecule has 110 valence electrons. The van der Waals surface area contributed by atoms with Gasteiger partial charge in [-0.3, -0.25) is 0 Å². The quantitative estimate of drug-likeness (QED) is 0.767. The Labute approximate surface area is 126 Å². The van der Waals surface area contributed by atoms with Crippen molar-refractivity contribution >= 4 is 33.6 Å². The summed E-state index contributed by atoms with van der Waals surface area (Å²) < 4.78 is 0.950. The first kappa shape index (κ1) is 16.5. The van der Waals surface area contributed by atoms with Crippen molar-refractivity contribution in [1.29, 1.82) is 0 Å². The molecule has 0 aliphatic rings. The van der Waals surface area contributed by atoms with Gasteiger partial charge in [-0.25, -0.2) is 9.59 Å². The number of amides is 2. The first-order chi connectivity index (χ1) is 9.35. The minimum atomic E-state index is -1.03. The van der Waals surface area contributed by atoms with Crippen molar-refractivity contribution < 1.29 is 14.7 Å². The van der Waals surface area contributed by atoms with Crippen molar-refractivity contribution in [3.8, 4) is 0 Å². The van der Waals surface area contributed by atoms with Crippen LogP contribution in [0.25, 0.3) is 0 Å².